The van der Waals surface area contributed by atoms with Crippen LogP contribution in [-0.2, 0) is 10.0 Å². The highest BCUT2D eigenvalue weighted by Crippen LogP contribution is 2.11. The monoisotopic (exact) mass is 261 g/mol. The number of hydrogen-bond acceptors (Lipinski definition) is 3. The molecule has 0 saturated heterocycles. The van der Waals surface area contributed by atoms with E-state index in [1.165, 1.54) is 24.5 Å². The van der Waals surface area contributed by atoms with Gasteiger partial charge >= 0.3 is 0 Å². The fraction of sp³-hybridized carbons (Fsp3) is 0. The van der Waals surface area contributed by atoms with Crippen molar-refractivity contribution in [3.63, 3.8) is 0 Å². The van der Waals surface area contributed by atoms with Gasteiger partial charge in [-0.15, -0.1) is 4.40 Å². The lowest BCUT2D eigenvalue weighted by molar-refractivity contribution is 0.597. The van der Waals surface area contributed by atoms with Gasteiger partial charge in [0.05, 0.1) is 0 Å². The summed E-state index contributed by atoms with van der Waals surface area (Å²) in [4.78, 5) is 3.76. The van der Waals surface area contributed by atoms with Crippen LogP contribution in [0.5, 0.6) is 0 Å². The van der Waals surface area contributed by atoms with Gasteiger partial charge in [0, 0.05) is 18.0 Å². The van der Waals surface area contributed by atoms with Gasteiger partial charge in [-0.25, -0.2) is 0 Å². The molecule has 92 valence electrons. The van der Waals surface area contributed by atoms with Crippen molar-refractivity contribution >= 4 is 15.9 Å². The Bertz CT molecular complexity index is 652. The van der Waals surface area contributed by atoms with E-state index in [-0.39, 0.29) is 10.7 Å². The van der Waals surface area contributed by atoms with Gasteiger partial charge in [-0.05, 0) is 12.1 Å². The lowest BCUT2D eigenvalue weighted by atomic mass is 10.2. The zero-order valence-electron chi connectivity index (χ0n) is 9.39. The molecule has 0 saturated carbocycles. The number of amidine groups is 1. The molecule has 0 aliphatic heterocycles. The highest BCUT2D eigenvalue weighted by atomic mass is 32.2. The Morgan fingerprint density at radius 1 is 1.11 bits per heavy atom. The van der Waals surface area contributed by atoms with E-state index in [2.05, 4.69) is 9.38 Å². The van der Waals surface area contributed by atoms with Crippen molar-refractivity contribution in [3.8, 4) is 0 Å². The van der Waals surface area contributed by atoms with Crippen LogP contribution in [0.25, 0.3) is 0 Å². The molecule has 0 fully saturated rings. The maximum Gasteiger partial charge on any atom is 0.285 e. The number of aromatic nitrogens is 1. The average molecular weight is 261 g/mol. The van der Waals surface area contributed by atoms with Gasteiger partial charge in [0.2, 0.25) is 0 Å². The van der Waals surface area contributed by atoms with Crippen LogP contribution in [0.3, 0.4) is 0 Å². The zero-order chi connectivity index (χ0) is 13.0. The molecule has 18 heavy (non-hydrogen) atoms. The van der Waals surface area contributed by atoms with Gasteiger partial charge in [-0.1, -0.05) is 30.3 Å². The molecule has 0 bridgehead atoms. The molecule has 6 heteroatoms. The second-order valence-electron chi connectivity index (χ2n) is 3.51. The van der Waals surface area contributed by atoms with Crippen LogP contribution in [0.1, 0.15) is 5.56 Å². The van der Waals surface area contributed by atoms with Crippen LogP contribution in [0.2, 0.25) is 0 Å². The third-order valence-corrected chi connectivity index (χ3v) is 3.49. The van der Waals surface area contributed by atoms with Gasteiger partial charge in [0.25, 0.3) is 10.0 Å². The molecule has 0 aliphatic rings. The maximum atomic E-state index is 11.9. The molecular formula is C12H11N3O2S. The first kappa shape index (κ1) is 12.3. The summed E-state index contributed by atoms with van der Waals surface area (Å²) in [6.07, 6.45) is 2.72. The Kier molecular flexibility index (Phi) is 3.38. The summed E-state index contributed by atoms with van der Waals surface area (Å²) in [5, 5.41) is 0. The first-order valence-corrected chi connectivity index (χ1v) is 6.59. The summed E-state index contributed by atoms with van der Waals surface area (Å²) in [6, 6.07) is 11.7. The van der Waals surface area contributed by atoms with E-state index in [9.17, 15) is 8.42 Å². The topological polar surface area (TPSA) is 85.4 Å². The number of rotatable bonds is 3. The zero-order valence-corrected chi connectivity index (χ0v) is 10.2. The van der Waals surface area contributed by atoms with E-state index in [4.69, 9.17) is 5.73 Å². The SMILES string of the molecule is NC(=NS(=O)(=O)c1cccnc1)c1ccccc1. The fourth-order valence-electron chi connectivity index (χ4n) is 1.34. The molecule has 0 spiro atoms. The number of hydrogen-bond donors (Lipinski definition) is 1. The smallest absolute Gasteiger partial charge is 0.285 e. The fourth-order valence-corrected chi connectivity index (χ4v) is 2.26. The first-order valence-electron chi connectivity index (χ1n) is 5.15. The Hall–Kier alpha value is -2.21. The van der Waals surface area contributed by atoms with E-state index in [1.807, 2.05) is 6.07 Å². The van der Waals surface area contributed by atoms with E-state index in [0.29, 0.717) is 5.56 Å². The second-order valence-corrected chi connectivity index (χ2v) is 5.11. The summed E-state index contributed by atoms with van der Waals surface area (Å²) >= 11 is 0. The van der Waals surface area contributed by atoms with Crippen LogP contribution in [0.4, 0.5) is 0 Å². The van der Waals surface area contributed by atoms with Crippen molar-refractivity contribution in [2.24, 2.45) is 10.1 Å². The third kappa shape index (κ3) is 2.72. The minimum atomic E-state index is -3.81. The lowest BCUT2D eigenvalue weighted by Crippen LogP contribution is -2.16. The molecular weight excluding hydrogens is 250 g/mol. The van der Waals surface area contributed by atoms with E-state index < -0.39 is 10.0 Å². The second kappa shape index (κ2) is 4.97. The molecule has 1 heterocycles. The molecule has 1 aromatic heterocycles. The Morgan fingerprint density at radius 3 is 2.44 bits per heavy atom. The standard InChI is InChI=1S/C12H11N3O2S/c13-12(10-5-2-1-3-6-10)15-18(16,17)11-7-4-8-14-9-11/h1-9H,(H2,13,15). The Labute approximate surface area is 105 Å². The molecule has 2 aromatic rings. The molecule has 5 nitrogen and oxygen atoms in total. The van der Waals surface area contributed by atoms with Crippen molar-refractivity contribution in [2.45, 2.75) is 4.90 Å². The molecule has 0 unspecified atom stereocenters. The number of pyridine rings is 1. The predicted octanol–water partition coefficient (Wildman–Crippen LogP) is 1.18. The van der Waals surface area contributed by atoms with Crippen LogP contribution < -0.4 is 5.73 Å². The molecule has 0 amide bonds. The van der Waals surface area contributed by atoms with E-state index in [0.717, 1.165) is 0 Å². The van der Waals surface area contributed by atoms with E-state index >= 15 is 0 Å². The Balaban J connectivity index is 2.39. The predicted molar refractivity (Wildman–Crippen MR) is 68.6 cm³/mol. The van der Waals surface area contributed by atoms with Crippen LogP contribution >= 0.6 is 0 Å². The quantitative estimate of drug-likeness (QED) is 0.664. The van der Waals surface area contributed by atoms with Gasteiger partial charge in [-0.3, -0.25) is 4.98 Å². The highest BCUT2D eigenvalue weighted by molar-refractivity contribution is 7.90. The highest BCUT2D eigenvalue weighted by Gasteiger charge is 2.13. The number of benzene rings is 1. The molecule has 2 N–H and O–H groups in total. The molecule has 2 rings (SSSR count). The number of sulfonamides is 1. The molecule has 0 aliphatic carbocycles. The van der Waals surface area contributed by atoms with Crippen LogP contribution in [0.15, 0.2) is 64.2 Å². The summed E-state index contributed by atoms with van der Waals surface area (Å²) in [6.45, 7) is 0. The minimum Gasteiger partial charge on any atom is -0.383 e. The van der Waals surface area contributed by atoms with Gasteiger partial charge in [0.15, 0.2) is 0 Å². The van der Waals surface area contributed by atoms with Crippen LogP contribution in [0, 0.1) is 0 Å². The lowest BCUT2D eigenvalue weighted by Gasteiger charge is -2.01. The first-order chi connectivity index (χ1) is 8.59. The molecule has 0 radical (unpaired) electrons. The van der Waals surface area contributed by atoms with Crippen molar-refractivity contribution in [3.05, 3.63) is 60.4 Å². The van der Waals surface area contributed by atoms with Crippen molar-refractivity contribution < 1.29 is 8.42 Å². The largest absolute Gasteiger partial charge is 0.383 e. The third-order valence-electron chi connectivity index (χ3n) is 2.22. The molecule has 1 aromatic carbocycles. The van der Waals surface area contributed by atoms with Crippen molar-refractivity contribution in [1.82, 2.24) is 4.98 Å². The van der Waals surface area contributed by atoms with Crippen molar-refractivity contribution in [1.29, 1.82) is 0 Å². The summed E-state index contributed by atoms with van der Waals surface area (Å²) < 4.78 is 27.4. The molecule has 0 atom stereocenters. The summed E-state index contributed by atoms with van der Waals surface area (Å²) in [5.41, 5.74) is 6.23. The van der Waals surface area contributed by atoms with Crippen LogP contribution in [-0.4, -0.2) is 19.2 Å². The summed E-state index contributed by atoms with van der Waals surface area (Å²) in [7, 11) is -3.81. The van der Waals surface area contributed by atoms with Gasteiger partial charge < -0.3 is 5.73 Å². The number of nitrogens with two attached hydrogens (primary N) is 1. The maximum absolute atomic E-state index is 11.9. The van der Waals surface area contributed by atoms with Crippen molar-refractivity contribution in [2.75, 3.05) is 0 Å². The summed E-state index contributed by atoms with van der Waals surface area (Å²) in [5.74, 6) is -0.0422. The van der Waals surface area contributed by atoms with Gasteiger partial charge in [0.1, 0.15) is 10.7 Å². The minimum absolute atomic E-state index is 0.0175. The van der Waals surface area contributed by atoms with E-state index in [1.54, 1.807) is 24.3 Å². The normalized spacial score (nSPS) is 12.3. The average Bonchev–Trinajstić information content (AvgIpc) is 2.40. The Morgan fingerprint density at radius 2 is 1.83 bits per heavy atom. The number of nitrogens with zero attached hydrogens (tertiary/aromatic N) is 2. The van der Waals surface area contributed by atoms with Gasteiger partial charge in [-0.2, -0.15) is 8.42 Å².